The molecule has 2 aliphatic heterocycles. The molecule has 5 rings (SSSR count). The van der Waals surface area contributed by atoms with Crippen LogP contribution in [0.4, 0.5) is 11.4 Å². The molecule has 0 aromatic heterocycles. The lowest BCUT2D eigenvalue weighted by atomic mass is 9.99. The number of amides is 2. The van der Waals surface area contributed by atoms with Crippen LogP contribution in [0.2, 0.25) is 0 Å². The Hall–Kier alpha value is -3.86. The number of imide groups is 1. The number of carbonyl (C=O) groups excluding carboxylic acids is 2. The van der Waals surface area contributed by atoms with E-state index in [2.05, 4.69) is 22.3 Å². The second-order valence-electron chi connectivity index (χ2n) is 9.60. The smallest absolute Gasteiger partial charge is 0.278 e. The van der Waals surface area contributed by atoms with Gasteiger partial charge in [0.2, 0.25) is 0 Å². The summed E-state index contributed by atoms with van der Waals surface area (Å²) < 4.78 is 0. The van der Waals surface area contributed by atoms with Gasteiger partial charge in [-0.15, -0.1) is 0 Å². The van der Waals surface area contributed by atoms with Gasteiger partial charge in [0.05, 0.1) is 12.1 Å². The summed E-state index contributed by atoms with van der Waals surface area (Å²) in [6, 6.07) is 22.0. The molecule has 1 fully saturated rings. The molecule has 0 spiro atoms. The van der Waals surface area contributed by atoms with Crippen molar-refractivity contribution in [2.75, 3.05) is 23.3 Å². The van der Waals surface area contributed by atoms with Gasteiger partial charge < -0.3 is 10.2 Å². The monoisotopic (exact) mass is 465 g/mol. The van der Waals surface area contributed by atoms with Crippen LogP contribution in [0.1, 0.15) is 40.7 Å². The van der Waals surface area contributed by atoms with Crippen molar-refractivity contribution in [3.8, 4) is 0 Å². The van der Waals surface area contributed by atoms with Gasteiger partial charge in [-0.2, -0.15) is 0 Å². The lowest BCUT2D eigenvalue weighted by molar-refractivity contribution is -0.137. The largest absolute Gasteiger partial charge is 0.372 e. The maximum atomic E-state index is 13.6. The number of anilines is 2. The summed E-state index contributed by atoms with van der Waals surface area (Å²) in [7, 11) is 0. The Bertz CT molecular complexity index is 1300. The molecule has 5 heteroatoms. The molecule has 0 unspecified atom stereocenters. The Morgan fingerprint density at radius 1 is 0.771 bits per heavy atom. The quantitative estimate of drug-likeness (QED) is 0.481. The van der Waals surface area contributed by atoms with Crippen LogP contribution in [0.25, 0.3) is 5.57 Å². The number of aryl methyl sites for hydroxylation is 3. The zero-order chi connectivity index (χ0) is 24.5. The minimum Gasteiger partial charge on any atom is -0.372 e. The van der Waals surface area contributed by atoms with Gasteiger partial charge in [0.1, 0.15) is 5.70 Å². The summed E-state index contributed by atoms with van der Waals surface area (Å²) in [4.78, 5) is 30.9. The van der Waals surface area contributed by atoms with E-state index in [1.807, 2.05) is 75.4 Å². The number of hydrogen-bond acceptors (Lipinski definition) is 4. The van der Waals surface area contributed by atoms with Gasteiger partial charge in [-0.05, 0) is 80.1 Å². The van der Waals surface area contributed by atoms with Crippen molar-refractivity contribution >= 4 is 28.8 Å². The molecule has 5 nitrogen and oxygen atoms in total. The van der Waals surface area contributed by atoms with Crippen LogP contribution in [0.3, 0.4) is 0 Å². The zero-order valence-electron chi connectivity index (χ0n) is 20.6. The number of nitrogens with zero attached hydrogens (tertiary/aromatic N) is 2. The average molecular weight is 466 g/mol. The van der Waals surface area contributed by atoms with Crippen LogP contribution in [0, 0.1) is 20.8 Å². The first-order chi connectivity index (χ1) is 16.9. The standard InChI is InChI=1S/C30H31N3O2/c1-20-6-9-23(10-7-20)19-33-29(34)27(24-11-8-21(2)22(3)18-24)28(30(33)35)31-25-12-14-26(15-13-25)32-16-4-5-17-32/h6-15,18,31H,4-5,16-17,19H2,1-3H3. The highest BCUT2D eigenvalue weighted by Crippen LogP contribution is 2.33. The van der Waals surface area contributed by atoms with E-state index >= 15 is 0 Å². The average Bonchev–Trinajstić information content (AvgIpc) is 3.47. The van der Waals surface area contributed by atoms with Gasteiger partial charge in [0, 0.05) is 24.5 Å². The molecule has 1 N–H and O–H groups in total. The third-order valence-electron chi connectivity index (χ3n) is 7.03. The molecule has 35 heavy (non-hydrogen) atoms. The molecule has 1 saturated heterocycles. The molecular formula is C30H31N3O2. The number of carbonyl (C=O) groups is 2. The second kappa shape index (κ2) is 9.41. The van der Waals surface area contributed by atoms with Gasteiger partial charge in [-0.3, -0.25) is 14.5 Å². The van der Waals surface area contributed by atoms with E-state index in [1.165, 1.54) is 23.4 Å². The minimum absolute atomic E-state index is 0.241. The van der Waals surface area contributed by atoms with E-state index in [9.17, 15) is 9.59 Å². The fourth-order valence-corrected chi connectivity index (χ4v) is 4.75. The molecule has 0 saturated carbocycles. The molecule has 2 aliphatic rings. The van der Waals surface area contributed by atoms with Crippen LogP contribution in [-0.4, -0.2) is 29.8 Å². The van der Waals surface area contributed by atoms with Crippen LogP contribution < -0.4 is 10.2 Å². The van der Waals surface area contributed by atoms with E-state index in [1.54, 1.807) is 0 Å². The van der Waals surface area contributed by atoms with Crippen LogP contribution in [0.5, 0.6) is 0 Å². The molecule has 3 aromatic rings. The summed E-state index contributed by atoms with van der Waals surface area (Å²) in [5, 5.41) is 3.30. The predicted octanol–water partition coefficient (Wildman–Crippen LogP) is 5.60. The third kappa shape index (κ3) is 4.59. The first-order valence-corrected chi connectivity index (χ1v) is 12.3. The van der Waals surface area contributed by atoms with Gasteiger partial charge in [-0.25, -0.2) is 0 Å². The topological polar surface area (TPSA) is 52.7 Å². The Balaban J connectivity index is 1.48. The van der Waals surface area contributed by atoms with Gasteiger partial charge in [0.25, 0.3) is 11.8 Å². The highest BCUT2D eigenvalue weighted by Gasteiger charge is 2.39. The van der Waals surface area contributed by atoms with Gasteiger partial charge in [0.15, 0.2) is 0 Å². The molecule has 0 atom stereocenters. The number of nitrogens with one attached hydrogen (secondary N) is 1. The number of rotatable bonds is 6. The van der Waals surface area contributed by atoms with Crippen molar-refractivity contribution in [3.05, 3.63) is 100 Å². The summed E-state index contributed by atoms with van der Waals surface area (Å²) in [5.74, 6) is -0.567. The Kier molecular flexibility index (Phi) is 6.16. The molecule has 2 heterocycles. The molecule has 0 bridgehead atoms. The molecule has 0 aliphatic carbocycles. The molecule has 3 aromatic carbocycles. The summed E-state index contributed by atoms with van der Waals surface area (Å²) >= 11 is 0. The predicted molar refractivity (Wildman–Crippen MR) is 141 cm³/mol. The van der Waals surface area contributed by atoms with Crippen molar-refractivity contribution < 1.29 is 9.59 Å². The second-order valence-corrected chi connectivity index (χ2v) is 9.60. The zero-order valence-corrected chi connectivity index (χ0v) is 20.6. The van der Waals surface area contributed by atoms with Crippen molar-refractivity contribution in [1.82, 2.24) is 4.90 Å². The van der Waals surface area contributed by atoms with Crippen LogP contribution in [0.15, 0.2) is 72.4 Å². The fraction of sp³-hybridized carbons (Fsp3) is 0.267. The van der Waals surface area contributed by atoms with E-state index in [0.29, 0.717) is 11.3 Å². The van der Waals surface area contributed by atoms with E-state index in [0.717, 1.165) is 46.6 Å². The van der Waals surface area contributed by atoms with E-state index < -0.39 is 0 Å². The van der Waals surface area contributed by atoms with Gasteiger partial charge >= 0.3 is 0 Å². The summed E-state index contributed by atoms with van der Waals surface area (Å²) in [5.41, 5.74) is 7.79. The minimum atomic E-state index is -0.299. The Morgan fingerprint density at radius 2 is 1.46 bits per heavy atom. The van der Waals surface area contributed by atoms with Crippen LogP contribution in [-0.2, 0) is 16.1 Å². The maximum Gasteiger partial charge on any atom is 0.278 e. The summed E-state index contributed by atoms with van der Waals surface area (Å²) in [6.45, 7) is 8.48. The highest BCUT2D eigenvalue weighted by molar-refractivity contribution is 6.36. The lowest BCUT2D eigenvalue weighted by Gasteiger charge is -2.18. The molecule has 2 amide bonds. The molecule has 178 valence electrons. The first kappa shape index (κ1) is 22.9. The maximum absolute atomic E-state index is 13.6. The molecule has 0 radical (unpaired) electrons. The van der Waals surface area contributed by atoms with Crippen molar-refractivity contribution in [2.24, 2.45) is 0 Å². The fourth-order valence-electron chi connectivity index (χ4n) is 4.75. The van der Waals surface area contributed by atoms with E-state index in [4.69, 9.17) is 0 Å². The number of benzene rings is 3. The SMILES string of the molecule is Cc1ccc(CN2C(=O)C(Nc3ccc(N4CCCC4)cc3)=C(c3ccc(C)c(C)c3)C2=O)cc1. The Labute approximate surface area is 207 Å². The Morgan fingerprint density at radius 3 is 2.11 bits per heavy atom. The lowest BCUT2D eigenvalue weighted by Crippen LogP contribution is -2.32. The normalized spacial score (nSPS) is 16.0. The summed E-state index contributed by atoms with van der Waals surface area (Å²) in [6.07, 6.45) is 2.44. The van der Waals surface area contributed by atoms with Crippen molar-refractivity contribution in [1.29, 1.82) is 0 Å². The van der Waals surface area contributed by atoms with Crippen LogP contribution >= 0.6 is 0 Å². The van der Waals surface area contributed by atoms with Crippen molar-refractivity contribution in [3.63, 3.8) is 0 Å². The van der Waals surface area contributed by atoms with Crippen molar-refractivity contribution in [2.45, 2.75) is 40.2 Å². The molecular weight excluding hydrogens is 434 g/mol. The van der Waals surface area contributed by atoms with E-state index in [-0.39, 0.29) is 18.4 Å². The first-order valence-electron chi connectivity index (χ1n) is 12.3. The van der Waals surface area contributed by atoms with Gasteiger partial charge in [-0.1, -0.05) is 48.0 Å². The third-order valence-corrected chi connectivity index (χ3v) is 7.03. The number of hydrogen-bond donors (Lipinski definition) is 1. The highest BCUT2D eigenvalue weighted by atomic mass is 16.2.